The summed E-state index contributed by atoms with van der Waals surface area (Å²) < 4.78 is 20.2. The van der Waals surface area contributed by atoms with Gasteiger partial charge >= 0.3 is 0 Å². The second kappa shape index (κ2) is 6.90. The van der Waals surface area contributed by atoms with E-state index >= 15 is 0 Å². The Morgan fingerprint density at radius 1 is 1.04 bits per heavy atom. The molecule has 5 nitrogen and oxygen atoms in total. The van der Waals surface area contributed by atoms with E-state index in [1.165, 1.54) is 23.9 Å². The molecule has 124 valence electrons. The van der Waals surface area contributed by atoms with Crippen LogP contribution in [0.4, 0.5) is 4.39 Å². The highest BCUT2D eigenvalue weighted by molar-refractivity contribution is 7.98. The van der Waals surface area contributed by atoms with Crippen LogP contribution in [0.15, 0.2) is 76.8 Å². The van der Waals surface area contributed by atoms with Crippen molar-refractivity contribution in [2.24, 2.45) is 0 Å². The average Bonchev–Trinajstić information content (AvgIpc) is 3.31. The number of oxazole rings is 1. The van der Waals surface area contributed by atoms with Gasteiger partial charge in [-0.3, -0.25) is 0 Å². The number of nitrogens with zero attached hydrogens (tertiary/aromatic N) is 4. The minimum Gasteiger partial charge on any atom is -0.444 e. The average molecular weight is 352 g/mol. The maximum Gasteiger partial charge on any atom is 0.226 e. The minimum absolute atomic E-state index is 0.286. The Morgan fingerprint density at radius 3 is 2.64 bits per heavy atom. The zero-order valence-electron chi connectivity index (χ0n) is 13.0. The van der Waals surface area contributed by atoms with Gasteiger partial charge < -0.3 is 4.42 Å². The van der Waals surface area contributed by atoms with Crippen molar-refractivity contribution >= 4 is 11.8 Å². The lowest BCUT2D eigenvalue weighted by atomic mass is 10.2. The van der Waals surface area contributed by atoms with Crippen molar-refractivity contribution in [1.29, 1.82) is 0 Å². The first-order chi connectivity index (χ1) is 12.3. The van der Waals surface area contributed by atoms with Gasteiger partial charge in [-0.25, -0.2) is 19.0 Å². The van der Waals surface area contributed by atoms with Crippen LogP contribution in [0.3, 0.4) is 0 Å². The molecule has 2 heterocycles. The molecule has 0 N–H and O–H groups in total. The molecule has 0 saturated heterocycles. The van der Waals surface area contributed by atoms with Gasteiger partial charge in [0.1, 0.15) is 18.4 Å². The summed E-state index contributed by atoms with van der Waals surface area (Å²) in [5, 5.41) is 5.10. The van der Waals surface area contributed by atoms with Gasteiger partial charge in [-0.2, -0.15) is 0 Å². The highest BCUT2D eigenvalue weighted by Gasteiger charge is 2.09. The number of thioether (sulfide) groups is 1. The van der Waals surface area contributed by atoms with E-state index in [1.54, 1.807) is 29.4 Å². The summed E-state index contributed by atoms with van der Waals surface area (Å²) in [6.07, 6.45) is 3.28. The zero-order valence-corrected chi connectivity index (χ0v) is 13.9. The van der Waals surface area contributed by atoms with Gasteiger partial charge in [0.25, 0.3) is 0 Å². The second-order valence-electron chi connectivity index (χ2n) is 5.25. The number of hydrogen-bond acceptors (Lipinski definition) is 5. The summed E-state index contributed by atoms with van der Waals surface area (Å²) in [6.45, 7) is 0. The largest absolute Gasteiger partial charge is 0.444 e. The molecule has 0 aliphatic rings. The molecule has 0 spiro atoms. The van der Waals surface area contributed by atoms with Gasteiger partial charge in [-0.1, -0.05) is 30.0 Å². The molecule has 0 aliphatic heterocycles. The molecule has 0 fully saturated rings. The molecule has 0 amide bonds. The van der Waals surface area contributed by atoms with Crippen molar-refractivity contribution in [3.8, 4) is 17.1 Å². The Hall–Kier alpha value is -2.93. The quantitative estimate of drug-likeness (QED) is 0.500. The van der Waals surface area contributed by atoms with Crippen molar-refractivity contribution in [2.45, 2.75) is 10.9 Å². The summed E-state index contributed by atoms with van der Waals surface area (Å²) >= 11 is 1.47. The van der Waals surface area contributed by atoms with Crippen molar-refractivity contribution in [2.75, 3.05) is 0 Å². The third-order valence-corrected chi connectivity index (χ3v) is 4.37. The molecular weight excluding hydrogens is 339 g/mol. The second-order valence-corrected chi connectivity index (χ2v) is 6.19. The normalized spacial score (nSPS) is 10.9. The SMILES string of the molecule is Fc1ccc(-c2nc(CSc3ncn(-c4ccccc4)n3)co2)cc1. The Balaban J connectivity index is 1.42. The lowest BCUT2D eigenvalue weighted by molar-refractivity contribution is 0.573. The van der Waals surface area contributed by atoms with Gasteiger partial charge in [0.2, 0.25) is 11.0 Å². The Labute approximate surface area is 147 Å². The van der Waals surface area contributed by atoms with Crippen molar-refractivity contribution in [3.05, 3.63) is 78.7 Å². The van der Waals surface area contributed by atoms with Gasteiger partial charge in [0, 0.05) is 11.3 Å². The molecule has 25 heavy (non-hydrogen) atoms. The Morgan fingerprint density at radius 2 is 1.84 bits per heavy atom. The number of halogens is 1. The molecule has 4 rings (SSSR count). The predicted octanol–water partition coefficient (Wildman–Crippen LogP) is 4.35. The predicted molar refractivity (Wildman–Crippen MR) is 92.8 cm³/mol. The van der Waals surface area contributed by atoms with E-state index < -0.39 is 0 Å². The lowest BCUT2D eigenvalue weighted by Crippen LogP contribution is -1.93. The van der Waals surface area contributed by atoms with Crippen LogP contribution in [0.25, 0.3) is 17.1 Å². The molecule has 4 aromatic rings. The highest BCUT2D eigenvalue weighted by atomic mass is 32.2. The summed E-state index contributed by atoms with van der Waals surface area (Å²) in [6, 6.07) is 15.8. The van der Waals surface area contributed by atoms with Crippen LogP contribution < -0.4 is 0 Å². The lowest BCUT2D eigenvalue weighted by Gasteiger charge is -1.97. The minimum atomic E-state index is -0.286. The molecule has 0 aliphatic carbocycles. The van der Waals surface area contributed by atoms with Crippen LogP contribution in [-0.2, 0) is 5.75 Å². The van der Waals surface area contributed by atoms with E-state index in [0.29, 0.717) is 16.8 Å². The Kier molecular flexibility index (Phi) is 4.30. The maximum atomic E-state index is 13.0. The fraction of sp³-hybridized carbons (Fsp3) is 0.0556. The van der Waals surface area contributed by atoms with Crippen molar-refractivity contribution in [3.63, 3.8) is 0 Å². The van der Waals surface area contributed by atoms with Gasteiger partial charge in [0.15, 0.2) is 0 Å². The number of rotatable bonds is 5. The third kappa shape index (κ3) is 3.61. The van der Waals surface area contributed by atoms with Gasteiger partial charge in [0.05, 0.1) is 11.4 Å². The van der Waals surface area contributed by atoms with Crippen LogP contribution in [-0.4, -0.2) is 19.7 Å². The van der Waals surface area contributed by atoms with E-state index in [1.807, 2.05) is 30.3 Å². The molecular formula is C18H13FN4OS. The van der Waals surface area contributed by atoms with E-state index in [0.717, 1.165) is 16.9 Å². The molecule has 0 saturated carbocycles. The Bertz CT molecular complexity index is 966. The highest BCUT2D eigenvalue weighted by Crippen LogP contribution is 2.23. The summed E-state index contributed by atoms with van der Waals surface area (Å²) in [5.41, 5.74) is 2.48. The summed E-state index contributed by atoms with van der Waals surface area (Å²) in [7, 11) is 0. The first kappa shape index (κ1) is 15.6. The molecule has 7 heteroatoms. The van der Waals surface area contributed by atoms with E-state index in [-0.39, 0.29) is 5.82 Å². The number of aromatic nitrogens is 4. The molecule has 0 atom stereocenters. The van der Waals surface area contributed by atoms with Crippen LogP contribution in [0.5, 0.6) is 0 Å². The third-order valence-electron chi connectivity index (χ3n) is 3.48. The molecule has 2 aromatic heterocycles. The van der Waals surface area contributed by atoms with Crippen LogP contribution in [0.2, 0.25) is 0 Å². The molecule has 2 aromatic carbocycles. The molecule has 0 unspecified atom stereocenters. The van der Waals surface area contributed by atoms with Gasteiger partial charge in [-0.15, -0.1) is 5.10 Å². The van der Waals surface area contributed by atoms with E-state index in [2.05, 4.69) is 15.1 Å². The molecule has 0 bridgehead atoms. The number of para-hydroxylation sites is 1. The van der Waals surface area contributed by atoms with Gasteiger partial charge in [-0.05, 0) is 36.4 Å². The van der Waals surface area contributed by atoms with Crippen LogP contribution >= 0.6 is 11.8 Å². The topological polar surface area (TPSA) is 56.7 Å². The van der Waals surface area contributed by atoms with Crippen molar-refractivity contribution in [1.82, 2.24) is 19.7 Å². The monoisotopic (exact) mass is 352 g/mol. The van der Waals surface area contributed by atoms with E-state index in [4.69, 9.17) is 4.42 Å². The molecule has 0 radical (unpaired) electrons. The standard InChI is InChI=1S/C18H13FN4OS/c19-14-8-6-13(7-9-14)17-21-15(10-24-17)11-25-18-20-12-23(22-18)16-4-2-1-3-5-16/h1-10,12H,11H2. The number of benzene rings is 2. The fourth-order valence-corrected chi connectivity index (χ4v) is 2.93. The summed E-state index contributed by atoms with van der Waals surface area (Å²) in [5.74, 6) is 0.772. The first-order valence-electron chi connectivity index (χ1n) is 7.58. The summed E-state index contributed by atoms with van der Waals surface area (Å²) in [4.78, 5) is 8.71. The maximum absolute atomic E-state index is 13.0. The first-order valence-corrected chi connectivity index (χ1v) is 8.57. The van der Waals surface area contributed by atoms with E-state index in [9.17, 15) is 4.39 Å². The van der Waals surface area contributed by atoms with Crippen LogP contribution in [0, 0.1) is 5.82 Å². The fourth-order valence-electron chi connectivity index (χ4n) is 2.26. The smallest absolute Gasteiger partial charge is 0.226 e. The van der Waals surface area contributed by atoms with Crippen LogP contribution in [0.1, 0.15) is 5.69 Å². The number of hydrogen-bond donors (Lipinski definition) is 0. The zero-order chi connectivity index (χ0) is 17.1. The van der Waals surface area contributed by atoms with Crippen molar-refractivity contribution < 1.29 is 8.81 Å².